The lowest BCUT2D eigenvalue weighted by molar-refractivity contribution is -0.112. The number of anilines is 2. The monoisotopic (exact) mass is 287 g/mol. The smallest absolute Gasteiger partial charge is 0.260 e. The highest BCUT2D eigenvalue weighted by Gasteiger charge is 2.32. The van der Waals surface area contributed by atoms with Gasteiger partial charge in [-0.25, -0.2) is 0 Å². The van der Waals surface area contributed by atoms with Crippen LogP contribution in [0.5, 0.6) is 0 Å². The van der Waals surface area contributed by atoms with E-state index in [2.05, 4.69) is 16.3 Å². The average molecular weight is 287 g/mol. The van der Waals surface area contributed by atoms with Crippen LogP contribution in [0.1, 0.15) is 12.0 Å². The van der Waals surface area contributed by atoms with Crippen LogP contribution >= 0.6 is 0 Å². The highest BCUT2D eigenvalue weighted by Crippen LogP contribution is 2.39. The van der Waals surface area contributed by atoms with Crippen molar-refractivity contribution in [3.05, 3.63) is 29.5 Å². The second kappa shape index (κ2) is 5.41. The lowest BCUT2D eigenvalue weighted by Gasteiger charge is -2.15. The summed E-state index contributed by atoms with van der Waals surface area (Å²) in [5.74, 6) is 0.0605. The van der Waals surface area contributed by atoms with Crippen LogP contribution in [0.25, 0.3) is 5.57 Å². The Morgan fingerprint density at radius 3 is 2.86 bits per heavy atom. The Bertz CT molecular complexity index is 598. The van der Waals surface area contributed by atoms with Crippen molar-refractivity contribution in [2.75, 3.05) is 50.7 Å². The van der Waals surface area contributed by atoms with Gasteiger partial charge in [0.25, 0.3) is 5.91 Å². The lowest BCUT2D eigenvalue weighted by atomic mass is 10.0. The lowest BCUT2D eigenvalue weighted by Crippen LogP contribution is -2.24. The first-order valence-corrected chi connectivity index (χ1v) is 7.24. The highest BCUT2D eigenvalue weighted by atomic mass is 16.5. The van der Waals surface area contributed by atoms with Crippen molar-refractivity contribution in [2.45, 2.75) is 6.42 Å². The van der Waals surface area contributed by atoms with Crippen LogP contribution < -0.4 is 15.1 Å². The van der Waals surface area contributed by atoms with Crippen molar-refractivity contribution in [2.24, 2.45) is 0 Å². The quantitative estimate of drug-likeness (QED) is 0.794. The van der Waals surface area contributed by atoms with E-state index in [0.29, 0.717) is 13.2 Å². The topological polar surface area (TPSA) is 44.8 Å². The summed E-state index contributed by atoms with van der Waals surface area (Å²) in [6.07, 6.45) is 0.751. The Morgan fingerprint density at radius 2 is 2.10 bits per heavy atom. The second-order valence-electron chi connectivity index (χ2n) is 5.60. The minimum absolute atomic E-state index is 0.0605. The number of carbonyl (C=O) groups is 1. The number of hydrogen-bond acceptors (Lipinski definition) is 4. The minimum Gasteiger partial charge on any atom is -0.385 e. The molecule has 1 N–H and O–H groups in total. The molecule has 0 atom stereocenters. The molecule has 2 heterocycles. The third-order valence-electron chi connectivity index (χ3n) is 4.03. The Balaban J connectivity index is 2.12. The Labute approximate surface area is 125 Å². The van der Waals surface area contributed by atoms with Crippen LogP contribution in [0.4, 0.5) is 11.4 Å². The zero-order valence-corrected chi connectivity index (χ0v) is 12.8. The Hall–Kier alpha value is -2.01. The van der Waals surface area contributed by atoms with Gasteiger partial charge in [0.15, 0.2) is 0 Å². The molecule has 112 valence electrons. The van der Waals surface area contributed by atoms with E-state index in [0.717, 1.165) is 41.2 Å². The van der Waals surface area contributed by atoms with Crippen molar-refractivity contribution in [1.29, 1.82) is 0 Å². The van der Waals surface area contributed by atoms with Gasteiger partial charge in [-0.1, -0.05) is 0 Å². The molecule has 5 heteroatoms. The van der Waals surface area contributed by atoms with E-state index in [4.69, 9.17) is 4.74 Å². The summed E-state index contributed by atoms with van der Waals surface area (Å²) in [7, 11) is 5.84. The van der Waals surface area contributed by atoms with Crippen molar-refractivity contribution >= 4 is 22.9 Å². The molecule has 0 saturated carbocycles. The summed E-state index contributed by atoms with van der Waals surface area (Å²) >= 11 is 0. The van der Waals surface area contributed by atoms with Gasteiger partial charge in [-0.05, 0) is 18.2 Å². The van der Waals surface area contributed by atoms with E-state index in [9.17, 15) is 4.79 Å². The fourth-order valence-electron chi connectivity index (χ4n) is 2.83. The van der Waals surface area contributed by atoms with E-state index >= 15 is 0 Å². The molecule has 1 aromatic carbocycles. The van der Waals surface area contributed by atoms with Gasteiger partial charge in [0.1, 0.15) is 0 Å². The van der Waals surface area contributed by atoms with Gasteiger partial charge in [-0.3, -0.25) is 4.79 Å². The van der Waals surface area contributed by atoms with Crippen molar-refractivity contribution in [3.63, 3.8) is 0 Å². The number of nitrogens with one attached hydrogen (secondary N) is 1. The molecule has 5 nitrogen and oxygen atoms in total. The maximum Gasteiger partial charge on any atom is 0.260 e. The van der Waals surface area contributed by atoms with E-state index in [-0.39, 0.29) is 5.91 Å². The highest BCUT2D eigenvalue weighted by molar-refractivity contribution is 6.33. The number of rotatable bonds is 1. The number of amides is 1. The van der Waals surface area contributed by atoms with Crippen LogP contribution in [0.2, 0.25) is 0 Å². The minimum atomic E-state index is 0.0605. The van der Waals surface area contributed by atoms with E-state index < -0.39 is 0 Å². The van der Waals surface area contributed by atoms with Gasteiger partial charge in [0, 0.05) is 51.1 Å². The number of hydrogen-bond donors (Lipinski definition) is 1. The summed E-state index contributed by atoms with van der Waals surface area (Å²) in [6, 6.07) is 6.15. The van der Waals surface area contributed by atoms with Gasteiger partial charge in [0.2, 0.25) is 0 Å². The summed E-state index contributed by atoms with van der Waals surface area (Å²) in [6.45, 7) is 2.09. The van der Waals surface area contributed by atoms with Crippen LogP contribution in [-0.2, 0) is 9.53 Å². The maximum atomic E-state index is 12.6. The molecule has 1 fully saturated rings. The first-order chi connectivity index (χ1) is 10.1. The van der Waals surface area contributed by atoms with Gasteiger partial charge < -0.3 is 19.9 Å². The first kappa shape index (κ1) is 13.9. The zero-order chi connectivity index (χ0) is 15.0. The van der Waals surface area contributed by atoms with Crippen LogP contribution in [0, 0.1) is 0 Å². The molecule has 3 rings (SSSR count). The third-order valence-corrected chi connectivity index (χ3v) is 4.03. The number of nitrogens with zero attached hydrogens (tertiary/aromatic N) is 2. The molecule has 0 aromatic heterocycles. The van der Waals surface area contributed by atoms with Crippen LogP contribution in [-0.4, -0.2) is 46.8 Å². The molecule has 0 bridgehead atoms. The summed E-state index contributed by atoms with van der Waals surface area (Å²) < 4.78 is 5.47. The Kier molecular flexibility index (Phi) is 3.59. The number of carbonyl (C=O) groups excluding carboxylic acids is 1. The molecule has 2 aliphatic heterocycles. The van der Waals surface area contributed by atoms with Crippen molar-refractivity contribution in [3.8, 4) is 0 Å². The molecule has 1 saturated heterocycles. The number of likely N-dealkylation sites (N-methyl/N-ethyl adjacent to an activating group) is 1. The normalized spacial score (nSPS) is 21.9. The van der Waals surface area contributed by atoms with E-state index in [1.165, 1.54) is 0 Å². The molecule has 21 heavy (non-hydrogen) atoms. The van der Waals surface area contributed by atoms with Crippen LogP contribution in [0.3, 0.4) is 0 Å². The molecule has 0 aliphatic carbocycles. The molecule has 2 aliphatic rings. The van der Waals surface area contributed by atoms with E-state index in [1.54, 1.807) is 4.90 Å². The average Bonchev–Trinajstić information content (AvgIpc) is 2.67. The van der Waals surface area contributed by atoms with Crippen molar-refractivity contribution in [1.82, 2.24) is 5.32 Å². The first-order valence-electron chi connectivity index (χ1n) is 7.24. The molecular weight excluding hydrogens is 266 g/mol. The van der Waals surface area contributed by atoms with E-state index in [1.807, 2.05) is 33.3 Å². The molecule has 0 spiro atoms. The summed E-state index contributed by atoms with van der Waals surface area (Å²) in [5.41, 5.74) is 4.87. The molecule has 1 aromatic rings. The molecule has 0 unspecified atom stereocenters. The summed E-state index contributed by atoms with van der Waals surface area (Å²) in [4.78, 5) is 16.4. The number of ether oxygens (including phenoxy) is 1. The predicted octanol–water partition coefficient (Wildman–Crippen LogP) is 1.45. The SMILES string of the molecule is CN(C)c1ccc2c(c1)/C(=C1\CCOCCN1)C(=O)N2C. The predicted molar refractivity (Wildman–Crippen MR) is 84.5 cm³/mol. The molecule has 1 amide bonds. The van der Waals surface area contributed by atoms with Gasteiger partial charge in [-0.15, -0.1) is 0 Å². The molecule has 0 radical (unpaired) electrons. The number of benzene rings is 1. The third kappa shape index (κ3) is 2.38. The zero-order valence-electron chi connectivity index (χ0n) is 12.8. The largest absolute Gasteiger partial charge is 0.385 e. The summed E-state index contributed by atoms with van der Waals surface area (Å²) in [5, 5.41) is 3.36. The van der Waals surface area contributed by atoms with Gasteiger partial charge >= 0.3 is 0 Å². The van der Waals surface area contributed by atoms with Gasteiger partial charge in [-0.2, -0.15) is 0 Å². The standard InChI is InChI=1S/C16H21N3O2/c1-18(2)11-4-5-14-12(10-11)15(16(20)19(14)3)13-6-8-21-9-7-17-13/h4-5,10,17H,6-9H2,1-3H3/b15-13-. The number of fused-ring (bicyclic) bond motifs is 1. The van der Waals surface area contributed by atoms with Crippen molar-refractivity contribution < 1.29 is 9.53 Å². The second-order valence-corrected chi connectivity index (χ2v) is 5.60. The fraction of sp³-hybridized carbons (Fsp3) is 0.438. The van der Waals surface area contributed by atoms with Gasteiger partial charge in [0.05, 0.1) is 24.5 Å². The maximum absolute atomic E-state index is 12.6. The fourth-order valence-corrected chi connectivity index (χ4v) is 2.83. The Morgan fingerprint density at radius 1 is 1.29 bits per heavy atom. The molecular formula is C16H21N3O2. The van der Waals surface area contributed by atoms with Crippen LogP contribution in [0.15, 0.2) is 23.9 Å².